The molecule has 62 valence electrons. The third-order valence-corrected chi connectivity index (χ3v) is 0.135. The average Bonchev–Trinajstić information content (AvgIpc) is 1.65. The number of quaternary nitrogens is 1. The second-order valence-corrected chi connectivity index (χ2v) is 0.775. The lowest BCUT2D eigenvalue weighted by Gasteiger charge is -1.74. The second kappa shape index (κ2) is 10.5. The Balaban J connectivity index is -0.0000000910. The van der Waals surface area contributed by atoms with Gasteiger partial charge in [0.15, 0.2) is 0 Å². The molecule has 0 unspecified atom stereocenters. The molecular formula is C2H8N2O6. The van der Waals surface area contributed by atoms with Gasteiger partial charge in [-0.2, -0.15) is 0 Å². The number of hydrogen-bond acceptors (Lipinski definition) is 5. The van der Waals surface area contributed by atoms with Gasteiger partial charge >= 0.3 is 5.97 Å². The lowest BCUT2D eigenvalue weighted by molar-refractivity contribution is -0.402. The number of carboxylic acids is 1. The van der Waals surface area contributed by atoms with E-state index < -0.39 is 17.7 Å². The van der Waals surface area contributed by atoms with Gasteiger partial charge in [-0.25, -0.2) is 4.79 Å². The monoisotopic (exact) mass is 156 g/mol. The molecule has 0 radical (unpaired) electrons. The minimum absolute atomic E-state index is 0. The van der Waals surface area contributed by atoms with E-state index in [9.17, 15) is 0 Å². The zero-order chi connectivity index (χ0) is 7.86. The fraction of sp³-hybridized carbons (Fsp3) is 0.500. The maximum atomic E-state index is 9.12. The fourth-order valence-electron chi connectivity index (χ4n) is 0. The molecule has 8 nitrogen and oxygen atoms in total. The third-order valence-electron chi connectivity index (χ3n) is 0.135. The van der Waals surface area contributed by atoms with E-state index in [1.807, 2.05) is 0 Å². The summed E-state index contributed by atoms with van der Waals surface area (Å²) in [6.07, 6.45) is 0. The second-order valence-electron chi connectivity index (χ2n) is 0.775. The van der Waals surface area contributed by atoms with Crippen LogP contribution in [0.2, 0.25) is 0 Å². The molecule has 0 atom stereocenters. The van der Waals surface area contributed by atoms with Gasteiger partial charge in [-0.1, -0.05) is 0 Å². The molecule has 0 aromatic heterocycles. The smallest absolute Gasteiger partial charge is 0.329 e. The minimum atomic E-state index is -1.75. The first kappa shape index (κ1) is 15.8. The van der Waals surface area contributed by atoms with Crippen LogP contribution in [0.25, 0.3) is 0 Å². The molecule has 0 rings (SSSR count). The molecule has 0 amide bonds. The summed E-state index contributed by atoms with van der Waals surface area (Å²) in [5.74, 6) is -1.19. The van der Waals surface area contributed by atoms with Crippen molar-refractivity contribution in [1.82, 2.24) is 6.15 Å². The summed E-state index contributed by atoms with van der Waals surface area (Å²) in [5.41, 5.74) is 0. The standard InChI is InChI=1S/C2H4O3.NO3.H3N/c3-1-2(4)5;2-1(3)4;/h3H,1H2,(H,4,5);;1H3/q;-1;/p+1. The Morgan fingerprint density at radius 3 is 1.60 bits per heavy atom. The van der Waals surface area contributed by atoms with Crippen LogP contribution in [0, 0.1) is 15.3 Å². The largest absolute Gasteiger partial charge is 0.480 e. The van der Waals surface area contributed by atoms with E-state index in [-0.39, 0.29) is 6.15 Å². The van der Waals surface area contributed by atoms with Crippen molar-refractivity contribution >= 4 is 5.97 Å². The van der Waals surface area contributed by atoms with Gasteiger partial charge in [0.05, 0.1) is 5.09 Å². The van der Waals surface area contributed by atoms with Crippen molar-refractivity contribution in [1.29, 1.82) is 0 Å². The SMILES string of the molecule is O=C(O)CO.O=[N+]([O-])[O-].[NH4+]. The lowest BCUT2D eigenvalue weighted by Crippen LogP contribution is -1.98. The van der Waals surface area contributed by atoms with Crippen LogP contribution in [0.3, 0.4) is 0 Å². The maximum Gasteiger partial charge on any atom is 0.329 e. The summed E-state index contributed by atoms with van der Waals surface area (Å²) in [7, 11) is 0. The van der Waals surface area contributed by atoms with Gasteiger partial charge in [0, 0.05) is 0 Å². The summed E-state index contributed by atoms with van der Waals surface area (Å²) in [4.78, 5) is 17.4. The molecule has 0 aliphatic heterocycles. The van der Waals surface area contributed by atoms with Crippen LogP contribution >= 0.6 is 0 Å². The highest BCUT2D eigenvalue weighted by Gasteiger charge is 1.82. The number of aliphatic hydroxyl groups is 1. The van der Waals surface area contributed by atoms with Crippen molar-refractivity contribution in [3.8, 4) is 0 Å². The van der Waals surface area contributed by atoms with Crippen LogP contribution in [0.1, 0.15) is 0 Å². The van der Waals surface area contributed by atoms with Crippen molar-refractivity contribution < 1.29 is 20.1 Å². The highest BCUT2D eigenvalue weighted by Crippen LogP contribution is 1.48. The molecule has 0 aromatic rings. The quantitative estimate of drug-likeness (QED) is 0.332. The summed E-state index contributed by atoms with van der Waals surface area (Å²) in [6, 6.07) is 0. The maximum absolute atomic E-state index is 9.12. The molecule has 0 saturated carbocycles. The van der Waals surface area contributed by atoms with Crippen LogP contribution in [-0.2, 0) is 4.79 Å². The van der Waals surface area contributed by atoms with Crippen molar-refractivity contribution in [2.45, 2.75) is 0 Å². The third kappa shape index (κ3) is 592. The van der Waals surface area contributed by atoms with Gasteiger partial charge in [0.25, 0.3) is 0 Å². The normalized spacial score (nSPS) is 6.10. The molecular weight excluding hydrogens is 148 g/mol. The van der Waals surface area contributed by atoms with Crippen LogP contribution < -0.4 is 6.15 Å². The molecule has 0 fully saturated rings. The van der Waals surface area contributed by atoms with Gasteiger partial charge < -0.3 is 31.7 Å². The van der Waals surface area contributed by atoms with Gasteiger partial charge in [0.2, 0.25) is 0 Å². The van der Waals surface area contributed by atoms with Crippen LogP contribution in [0.15, 0.2) is 0 Å². The number of rotatable bonds is 1. The zero-order valence-electron chi connectivity index (χ0n) is 5.18. The topological polar surface area (TPSA) is 160 Å². The Morgan fingerprint density at radius 2 is 1.60 bits per heavy atom. The predicted molar refractivity (Wildman–Crippen MR) is 31.1 cm³/mol. The van der Waals surface area contributed by atoms with Gasteiger partial charge in [-0.15, -0.1) is 0 Å². The Bertz CT molecular complexity index is 97.9. The molecule has 0 aliphatic carbocycles. The first-order valence-electron chi connectivity index (χ1n) is 1.65. The molecule has 10 heavy (non-hydrogen) atoms. The number of hydrogen-bond donors (Lipinski definition) is 3. The van der Waals surface area contributed by atoms with E-state index >= 15 is 0 Å². The Hall–Kier alpha value is -1.41. The number of carbonyl (C=O) groups is 1. The lowest BCUT2D eigenvalue weighted by atomic mass is 10.8. The molecule has 0 aromatic carbocycles. The Morgan fingerprint density at radius 1 is 1.50 bits per heavy atom. The van der Waals surface area contributed by atoms with E-state index in [0.717, 1.165) is 0 Å². The van der Waals surface area contributed by atoms with Gasteiger partial charge in [0.1, 0.15) is 6.61 Å². The van der Waals surface area contributed by atoms with E-state index in [0.29, 0.717) is 0 Å². The Kier molecular flexibility index (Phi) is 16.7. The van der Waals surface area contributed by atoms with Crippen molar-refractivity contribution in [2.75, 3.05) is 6.61 Å². The number of aliphatic carboxylic acids is 1. The molecule has 0 saturated heterocycles. The molecule has 0 heterocycles. The Labute approximate surface area is 55.4 Å². The van der Waals surface area contributed by atoms with E-state index in [1.165, 1.54) is 0 Å². The van der Waals surface area contributed by atoms with Gasteiger partial charge in [-0.05, 0) is 0 Å². The van der Waals surface area contributed by atoms with E-state index in [4.69, 9.17) is 30.3 Å². The molecule has 0 aliphatic rings. The molecule has 0 bridgehead atoms. The predicted octanol–water partition coefficient (Wildman–Crippen LogP) is -0.800. The number of aliphatic hydroxyl groups excluding tert-OH is 1. The molecule has 0 spiro atoms. The first-order chi connectivity index (χ1) is 4.00. The van der Waals surface area contributed by atoms with E-state index in [2.05, 4.69) is 0 Å². The first-order valence-corrected chi connectivity index (χ1v) is 1.65. The summed E-state index contributed by atoms with van der Waals surface area (Å²) in [5, 5.41) is 29.8. The van der Waals surface area contributed by atoms with Gasteiger partial charge in [-0.3, -0.25) is 0 Å². The van der Waals surface area contributed by atoms with Crippen LogP contribution in [-0.4, -0.2) is 27.9 Å². The minimum Gasteiger partial charge on any atom is -0.480 e. The molecule has 6 N–H and O–H groups in total. The highest BCUT2D eigenvalue weighted by molar-refractivity contribution is 5.67. The van der Waals surface area contributed by atoms with Crippen molar-refractivity contribution in [2.24, 2.45) is 0 Å². The summed E-state index contributed by atoms with van der Waals surface area (Å²) < 4.78 is 0. The van der Waals surface area contributed by atoms with E-state index in [1.54, 1.807) is 0 Å². The average molecular weight is 156 g/mol. The zero-order valence-corrected chi connectivity index (χ0v) is 5.18. The molecule has 8 heteroatoms. The van der Waals surface area contributed by atoms with Crippen molar-refractivity contribution in [3.63, 3.8) is 0 Å². The van der Waals surface area contributed by atoms with Crippen LogP contribution in [0.4, 0.5) is 0 Å². The van der Waals surface area contributed by atoms with Crippen LogP contribution in [0.5, 0.6) is 0 Å². The fourth-order valence-corrected chi connectivity index (χ4v) is 0. The number of carboxylic acid groups (broad SMARTS) is 1. The highest BCUT2D eigenvalue weighted by atomic mass is 16.9. The number of nitrogens with zero attached hydrogens (tertiary/aromatic N) is 1. The summed E-state index contributed by atoms with van der Waals surface area (Å²) >= 11 is 0. The summed E-state index contributed by atoms with van der Waals surface area (Å²) in [6.45, 7) is -0.778. The van der Waals surface area contributed by atoms with Crippen molar-refractivity contribution in [3.05, 3.63) is 15.3 Å².